The van der Waals surface area contributed by atoms with Crippen LogP contribution in [0.2, 0.25) is 0 Å². The first-order valence-corrected chi connectivity index (χ1v) is 7.62. The monoisotopic (exact) mass is 339 g/mol. The van der Waals surface area contributed by atoms with Crippen LogP contribution in [0, 0.1) is 6.92 Å². The molecule has 2 heterocycles. The van der Waals surface area contributed by atoms with Crippen LogP contribution in [0.15, 0.2) is 53.5 Å². The van der Waals surface area contributed by atoms with Gasteiger partial charge in [-0.05, 0) is 30.7 Å². The molecule has 2 aromatic heterocycles. The minimum atomic E-state index is -0.361. The number of aromatic nitrogens is 2. The zero-order valence-corrected chi connectivity index (χ0v) is 13.9. The first-order valence-electron chi connectivity index (χ1n) is 7.62. The van der Waals surface area contributed by atoms with Crippen LogP contribution in [0.3, 0.4) is 0 Å². The van der Waals surface area contributed by atoms with Gasteiger partial charge in [0.15, 0.2) is 6.61 Å². The number of nitrogens with zero attached hydrogens (tertiary/aromatic N) is 2. The molecule has 0 aliphatic heterocycles. The van der Waals surface area contributed by atoms with E-state index in [2.05, 4.69) is 10.3 Å². The molecule has 0 atom stereocenters. The number of carbonyl (C=O) groups excluding carboxylic acids is 1. The average molecular weight is 339 g/mol. The maximum absolute atomic E-state index is 12.1. The summed E-state index contributed by atoms with van der Waals surface area (Å²) in [6, 6.07) is 11.9. The molecule has 0 fully saturated rings. The lowest BCUT2D eigenvalue weighted by Gasteiger charge is -2.09. The zero-order chi connectivity index (χ0) is 17.8. The number of rotatable bonds is 5. The lowest BCUT2D eigenvalue weighted by molar-refractivity contribution is -0.118. The Morgan fingerprint density at radius 3 is 2.88 bits per heavy atom. The lowest BCUT2D eigenvalue weighted by atomic mass is 10.3. The highest BCUT2D eigenvalue weighted by Crippen LogP contribution is 2.16. The second kappa shape index (κ2) is 7.04. The highest BCUT2D eigenvalue weighted by atomic mass is 16.5. The number of fused-ring (bicyclic) bond motifs is 1. The molecule has 25 heavy (non-hydrogen) atoms. The number of methoxy groups -OCH3 is 1. The molecule has 7 heteroatoms. The summed E-state index contributed by atoms with van der Waals surface area (Å²) in [6.45, 7) is 1.59. The van der Waals surface area contributed by atoms with Gasteiger partial charge in [-0.1, -0.05) is 12.1 Å². The van der Waals surface area contributed by atoms with Gasteiger partial charge in [0, 0.05) is 18.0 Å². The standard InChI is InChI=1S/C18H17N3O4/c1-12-5-4-8-21-17(23)10-16(20-18(12)21)25-11-15(22)19-13-6-3-7-14(9-13)24-2/h3-10H,11H2,1-2H3,(H,19,22). The number of aryl methyl sites for hydroxylation is 1. The Bertz CT molecular complexity index is 981. The van der Waals surface area contributed by atoms with E-state index in [0.717, 1.165) is 5.56 Å². The third kappa shape index (κ3) is 3.77. The van der Waals surface area contributed by atoms with Gasteiger partial charge in [-0.25, -0.2) is 0 Å². The quantitative estimate of drug-likeness (QED) is 0.769. The van der Waals surface area contributed by atoms with Gasteiger partial charge in [-0.2, -0.15) is 4.98 Å². The number of hydrogen-bond donors (Lipinski definition) is 1. The van der Waals surface area contributed by atoms with E-state index in [4.69, 9.17) is 9.47 Å². The van der Waals surface area contributed by atoms with Gasteiger partial charge < -0.3 is 14.8 Å². The molecule has 3 aromatic rings. The molecule has 0 saturated carbocycles. The Morgan fingerprint density at radius 1 is 1.24 bits per heavy atom. The van der Waals surface area contributed by atoms with Crippen LogP contribution < -0.4 is 20.3 Å². The van der Waals surface area contributed by atoms with E-state index in [1.165, 1.54) is 10.5 Å². The van der Waals surface area contributed by atoms with Crippen LogP contribution in [-0.2, 0) is 4.79 Å². The van der Waals surface area contributed by atoms with Crippen molar-refractivity contribution in [1.29, 1.82) is 0 Å². The van der Waals surface area contributed by atoms with Gasteiger partial charge in [0.05, 0.1) is 13.2 Å². The Balaban J connectivity index is 1.70. The van der Waals surface area contributed by atoms with Gasteiger partial charge in [-0.15, -0.1) is 0 Å². The molecule has 0 bridgehead atoms. The number of carbonyl (C=O) groups is 1. The maximum atomic E-state index is 12.1. The highest BCUT2D eigenvalue weighted by Gasteiger charge is 2.08. The smallest absolute Gasteiger partial charge is 0.262 e. The molecular formula is C18H17N3O4. The van der Waals surface area contributed by atoms with Crippen LogP contribution in [0.4, 0.5) is 5.69 Å². The molecule has 3 rings (SSSR count). The molecule has 0 radical (unpaired) electrons. The van der Waals surface area contributed by atoms with Gasteiger partial charge >= 0.3 is 0 Å². The fourth-order valence-corrected chi connectivity index (χ4v) is 2.35. The molecule has 0 aliphatic rings. The molecule has 1 amide bonds. The van der Waals surface area contributed by atoms with Crippen LogP contribution in [0.5, 0.6) is 11.6 Å². The Hall–Kier alpha value is -3.35. The third-order valence-corrected chi connectivity index (χ3v) is 3.57. The molecule has 0 saturated heterocycles. The highest BCUT2D eigenvalue weighted by molar-refractivity contribution is 5.92. The van der Waals surface area contributed by atoms with E-state index in [1.807, 2.05) is 13.0 Å². The van der Waals surface area contributed by atoms with E-state index < -0.39 is 0 Å². The van der Waals surface area contributed by atoms with Gasteiger partial charge in [0.25, 0.3) is 11.5 Å². The predicted molar refractivity (Wildman–Crippen MR) is 93.3 cm³/mol. The topological polar surface area (TPSA) is 81.9 Å². The number of benzene rings is 1. The Labute approximate surface area is 143 Å². The molecule has 128 valence electrons. The average Bonchev–Trinajstić information content (AvgIpc) is 2.61. The zero-order valence-electron chi connectivity index (χ0n) is 13.9. The minimum absolute atomic E-state index is 0.111. The van der Waals surface area contributed by atoms with Crippen LogP contribution in [0.25, 0.3) is 5.65 Å². The predicted octanol–water partition coefficient (Wildman–Crippen LogP) is 2.03. The minimum Gasteiger partial charge on any atom is -0.497 e. The maximum Gasteiger partial charge on any atom is 0.262 e. The fraction of sp³-hybridized carbons (Fsp3) is 0.167. The molecule has 0 spiro atoms. The summed E-state index contributed by atoms with van der Waals surface area (Å²) in [5, 5.41) is 2.69. The first-order chi connectivity index (χ1) is 12.1. The summed E-state index contributed by atoms with van der Waals surface area (Å²) >= 11 is 0. The number of pyridine rings is 1. The summed E-state index contributed by atoms with van der Waals surface area (Å²) in [6.07, 6.45) is 1.64. The van der Waals surface area contributed by atoms with E-state index in [1.54, 1.807) is 43.6 Å². The summed E-state index contributed by atoms with van der Waals surface area (Å²) in [5.74, 6) is 0.388. The molecular weight excluding hydrogens is 322 g/mol. The van der Waals surface area contributed by atoms with Crippen LogP contribution in [0.1, 0.15) is 5.56 Å². The van der Waals surface area contributed by atoms with Crippen molar-refractivity contribution in [2.24, 2.45) is 0 Å². The van der Waals surface area contributed by atoms with Gasteiger partial charge in [0.1, 0.15) is 11.4 Å². The van der Waals surface area contributed by atoms with Crippen molar-refractivity contribution in [1.82, 2.24) is 9.38 Å². The number of ether oxygens (including phenoxy) is 2. The summed E-state index contributed by atoms with van der Waals surface area (Å²) < 4.78 is 11.9. The summed E-state index contributed by atoms with van der Waals surface area (Å²) in [7, 11) is 1.55. The molecule has 1 N–H and O–H groups in total. The van der Waals surface area contributed by atoms with Crippen molar-refractivity contribution in [3.63, 3.8) is 0 Å². The summed E-state index contributed by atoms with van der Waals surface area (Å²) in [5.41, 5.74) is 1.66. The molecule has 0 aliphatic carbocycles. The van der Waals surface area contributed by atoms with E-state index in [0.29, 0.717) is 17.1 Å². The van der Waals surface area contributed by atoms with E-state index >= 15 is 0 Å². The third-order valence-electron chi connectivity index (χ3n) is 3.57. The van der Waals surface area contributed by atoms with Gasteiger partial charge in [-0.3, -0.25) is 14.0 Å². The van der Waals surface area contributed by atoms with Crippen molar-refractivity contribution in [3.05, 3.63) is 64.6 Å². The van der Waals surface area contributed by atoms with Crippen LogP contribution in [-0.4, -0.2) is 29.0 Å². The van der Waals surface area contributed by atoms with Gasteiger partial charge in [0.2, 0.25) is 5.88 Å². The second-order valence-corrected chi connectivity index (χ2v) is 5.39. The number of amides is 1. The first kappa shape index (κ1) is 16.5. The fourth-order valence-electron chi connectivity index (χ4n) is 2.35. The van der Waals surface area contributed by atoms with Crippen molar-refractivity contribution in [2.45, 2.75) is 6.92 Å². The van der Waals surface area contributed by atoms with Crippen molar-refractivity contribution in [3.8, 4) is 11.6 Å². The molecule has 1 aromatic carbocycles. The van der Waals surface area contributed by atoms with Crippen molar-refractivity contribution >= 4 is 17.2 Å². The molecule has 7 nitrogen and oxygen atoms in total. The summed E-state index contributed by atoms with van der Waals surface area (Å²) in [4.78, 5) is 28.4. The Morgan fingerprint density at radius 2 is 2.08 bits per heavy atom. The van der Waals surface area contributed by atoms with Crippen molar-refractivity contribution < 1.29 is 14.3 Å². The molecule has 0 unspecified atom stereocenters. The number of anilines is 1. The Kier molecular flexibility index (Phi) is 4.65. The second-order valence-electron chi connectivity index (χ2n) is 5.39. The van der Waals surface area contributed by atoms with Crippen LogP contribution >= 0.6 is 0 Å². The SMILES string of the molecule is COc1cccc(NC(=O)COc2cc(=O)n3cccc(C)c3n2)c1. The largest absolute Gasteiger partial charge is 0.497 e. The lowest BCUT2D eigenvalue weighted by Crippen LogP contribution is -2.22. The number of nitrogens with one attached hydrogen (secondary N) is 1. The number of hydrogen-bond acceptors (Lipinski definition) is 5. The van der Waals surface area contributed by atoms with Crippen molar-refractivity contribution in [2.75, 3.05) is 19.0 Å². The van der Waals surface area contributed by atoms with E-state index in [-0.39, 0.29) is 24.0 Å². The van der Waals surface area contributed by atoms with E-state index in [9.17, 15) is 9.59 Å². The normalized spacial score (nSPS) is 10.5.